The highest BCUT2D eigenvalue weighted by Gasteiger charge is 1.96. The van der Waals surface area contributed by atoms with Gasteiger partial charge in [0, 0.05) is 13.0 Å². The maximum absolute atomic E-state index is 10.9. The van der Waals surface area contributed by atoms with Crippen LogP contribution in [0.4, 0.5) is 0 Å². The van der Waals surface area contributed by atoms with Crippen molar-refractivity contribution in [2.24, 2.45) is 0 Å². The first kappa shape index (κ1) is 11.7. The summed E-state index contributed by atoms with van der Waals surface area (Å²) in [6, 6.07) is 8.07. The van der Waals surface area contributed by atoms with Crippen molar-refractivity contribution < 1.29 is 4.79 Å². The van der Waals surface area contributed by atoms with Crippen molar-refractivity contribution in [3.05, 3.63) is 41.5 Å². The van der Waals surface area contributed by atoms with E-state index in [9.17, 15) is 4.79 Å². The molecule has 1 aromatic carbocycles. The van der Waals surface area contributed by atoms with E-state index in [1.807, 2.05) is 31.3 Å². The SMILES string of the molecule is CNCC=Cc1ccc(CC(C)=O)cc1. The van der Waals surface area contributed by atoms with Gasteiger partial charge in [-0.05, 0) is 25.1 Å². The van der Waals surface area contributed by atoms with Crippen molar-refractivity contribution in [2.75, 3.05) is 13.6 Å². The zero-order chi connectivity index (χ0) is 11.1. The number of carbonyl (C=O) groups excluding carboxylic acids is 1. The Morgan fingerprint density at radius 3 is 2.53 bits per heavy atom. The van der Waals surface area contributed by atoms with E-state index in [4.69, 9.17) is 0 Å². The van der Waals surface area contributed by atoms with Gasteiger partial charge in [-0.25, -0.2) is 0 Å². The average Bonchev–Trinajstić information content (AvgIpc) is 2.20. The molecule has 80 valence electrons. The van der Waals surface area contributed by atoms with Crippen molar-refractivity contribution in [2.45, 2.75) is 13.3 Å². The lowest BCUT2D eigenvalue weighted by Crippen LogP contribution is -2.03. The lowest BCUT2D eigenvalue weighted by atomic mass is 10.1. The number of Topliss-reactive ketones (excluding diaryl/α,β-unsaturated/α-hetero) is 1. The van der Waals surface area contributed by atoms with Crippen LogP contribution in [0.2, 0.25) is 0 Å². The van der Waals surface area contributed by atoms with E-state index in [0.717, 1.165) is 17.7 Å². The van der Waals surface area contributed by atoms with E-state index in [1.165, 1.54) is 0 Å². The zero-order valence-corrected chi connectivity index (χ0v) is 9.29. The molecule has 0 unspecified atom stereocenters. The fourth-order valence-electron chi connectivity index (χ4n) is 1.35. The normalized spacial score (nSPS) is 10.8. The molecule has 1 N–H and O–H groups in total. The van der Waals surface area contributed by atoms with Crippen LogP contribution in [0.1, 0.15) is 18.1 Å². The summed E-state index contributed by atoms with van der Waals surface area (Å²) in [6.07, 6.45) is 4.66. The third-order valence-corrected chi connectivity index (χ3v) is 2.07. The molecule has 0 fully saturated rings. The standard InChI is InChI=1S/C13H17NO/c1-11(15)10-13-7-5-12(6-8-13)4-3-9-14-2/h3-8,14H,9-10H2,1-2H3. The summed E-state index contributed by atoms with van der Waals surface area (Å²) in [6.45, 7) is 2.48. The molecule has 2 heteroatoms. The van der Waals surface area contributed by atoms with Gasteiger partial charge in [-0.3, -0.25) is 4.79 Å². The Labute approximate surface area is 91.0 Å². The fourth-order valence-corrected chi connectivity index (χ4v) is 1.35. The van der Waals surface area contributed by atoms with E-state index < -0.39 is 0 Å². The van der Waals surface area contributed by atoms with Crippen molar-refractivity contribution in [3.8, 4) is 0 Å². The van der Waals surface area contributed by atoms with Gasteiger partial charge in [-0.1, -0.05) is 36.4 Å². The lowest BCUT2D eigenvalue weighted by Gasteiger charge is -1.98. The second-order valence-corrected chi connectivity index (χ2v) is 3.58. The minimum atomic E-state index is 0.202. The molecule has 1 rings (SSSR count). The lowest BCUT2D eigenvalue weighted by molar-refractivity contribution is -0.116. The summed E-state index contributed by atoms with van der Waals surface area (Å²) in [7, 11) is 1.92. The number of carbonyl (C=O) groups is 1. The molecule has 0 aliphatic carbocycles. The first-order valence-corrected chi connectivity index (χ1v) is 5.12. The van der Waals surface area contributed by atoms with Crippen LogP contribution in [0.25, 0.3) is 6.08 Å². The van der Waals surface area contributed by atoms with E-state index in [2.05, 4.69) is 17.5 Å². The maximum atomic E-state index is 10.9. The molecule has 0 heterocycles. The van der Waals surface area contributed by atoms with E-state index in [0.29, 0.717) is 6.42 Å². The number of likely N-dealkylation sites (N-methyl/N-ethyl adjacent to an activating group) is 1. The van der Waals surface area contributed by atoms with Gasteiger partial charge < -0.3 is 5.32 Å². The number of benzene rings is 1. The number of hydrogen-bond acceptors (Lipinski definition) is 2. The number of ketones is 1. The van der Waals surface area contributed by atoms with Gasteiger partial charge in [-0.2, -0.15) is 0 Å². The molecule has 1 aromatic rings. The minimum absolute atomic E-state index is 0.202. The highest BCUT2D eigenvalue weighted by molar-refractivity contribution is 5.78. The Morgan fingerprint density at radius 1 is 1.33 bits per heavy atom. The number of nitrogens with one attached hydrogen (secondary N) is 1. The van der Waals surface area contributed by atoms with E-state index >= 15 is 0 Å². The van der Waals surface area contributed by atoms with Crippen LogP contribution in [0.5, 0.6) is 0 Å². The summed E-state index contributed by atoms with van der Waals surface area (Å²) in [5.41, 5.74) is 2.24. The molecular weight excluding hydrogens is 186 g/mol. The molecule has 2 nitrogen and oxygen atoms in total. The fraction of sp³-hybridized carbons (Fsp3) is 0.308. The van der Waals surface area contributed by atoms with Gasteiger partial charge in [0.2, 0.25) is 0 Å². The Bertz CT molecular complexity index is 338. The van der Waals surface area contributed by atoms with Crippen molar-refractivity contribution in [1.82, 2.24) is 5.32 Å². The Morgan fingerprint density at radius 2 is 2.00 bits per heavy atom. The van der Waals surface area contributed by atoms with Crippen LogP contribution in [-0.4, -0.2) is 19.4 Å². The maximum Gasteiger partial charge on any atom is 0.134 e. The number of hydrogen-bond donors (Lipinski definition) is 1. The smallest absolute Gasteiger partial charge is 0.134 e. The molecule has 15 heavy (non-hydrogen) atoms. The molecule has 0 spiro atoms. The highest BCUT2D eigenvalue weighted by Crippen LogP contribution is 2.06. The van der Waals surface area contributed by atoms with Crippen LogP contribution in [0.15, 0.2) is 30.3 Å². The van der Waals surface area contributed by atoms with Crippen molar-refractivity contribution >= 4 is 11.9 Å². The molecule has 0 saturated carbocycles. The molecule has 0 aromatic heterocycles. The average molecular weight is 203 g/mol. The Kier molecular flexibility index (Phi) is 4.78. The third kappa shape index (κ3) is 4.56. The van der Waals surface area contributed by atoms with Gasteiger partial charge >= 0.3 is 0 Å². The topological polar surface area (TPSA) is 29.1 Å². The van der Waals surface area contributed by atoms with Crippen LogP contribution in [0, 0.1) is 0 Å². The van der Waals surface area contributed by atoms with Gasteiger partial charge in [0.15, 0.2) is 0 Å². The van der Waals surface area contributed by atoms with E-state index in [-0.39, 0.29) is 5.78 Å². The summed E-state index contributed by atoms with van der Waals surface area (Å²) in [5.74, 6) is 0.202. The molecule has 0 saturated heterocycles. The predicted molar refractivity (Wildman–Crippen MR) is 63.8 cm³/mol. The minimum Gasteiger partial charge on any atom is -0.316 e. The van der Waals surface area contributed by atoms with Gasteiger partial charge in [0.1, 0.15) is 5.78 Å². The van der Waals surface area contributed by atoms with E-state index in [1.54, 1.807) is 6.92 Å². The van der Waals surface area contributed by atoms with Crippen molar-refractivity contribution in [1.29, 1.82) is 0 Å². The Balaban J connectivity index is 2.60. The van der Waals surface area contributed by atoms with Gasteiger partial charge in [0.25, 0.3) is 0 Å². The van der Waals surface area contributed by atoms with Crippen LogP contribution in [0.3, 0.4) is 0 Å². The number of rotatable bonds is 5. The van der Waals surface area contributed by atoms with Crippen LogP contribution < -0.4 is 5.32 Å². The highest BCUT2D eigenvalue weighted by atomic mass is 16.1. The Hall–Kier alpha value is -1.41. The molecule has 0 bridgehead atoms. The summed E-state index contributed by atoms with van der Waals surface area (Å²) >= 11 is 0. The summed E-state index contributed by atoms with van der Waals surface area (Å²) < 4.78 is 0. The van der Waals surface area contributed by atoms with Gasteiger partial charge in [-0.15, -0.1) is 0 Å². The first-order chi connectivity index (χ1) is 7.22. The molecule has 0 amide bonds. The summed E-state index contributed by atoms with van der Waals surface area (Å²) in [4.78, 5) is 10.9. The molecule has 0 aliphatic heterocycles. The predicted octanol–water partition coefficient (Wildman–Crippen LogP) is 2.05. The summed E-state index contributed by atoms with van der Waals surface area (Å²) in [5, 5.41) is 3.04. The van der Waals surface area contributed by atoms with Crippen molar-refractivity contribution in [3.63, 3.8) is 0 Å². The molecular formula is C13H17NO. The second kappa shape index (κ2) is 6.14. The van der Waals surface area contributed by atoms with Crippen LogP contribution >= 0.6 is 0 Å². The quantitative estimate of drug-likeness (QED) is 0.793. The monoisotopic (exact) mass is 203 g/mol. The van der Waals surface area contributed by atoms with Gasteiger partial charge in [0.05, 0.1) is 0 Å². The molecule has 0 atom stereocenters. The first-order valence-electron chi connectivity index (χ1n) is 5.12. The molecule has 0 aliphatic rings. The van der Waals surface area contributed by atoms with Crippen LogP contribution in [-0.2, 0) is 11.2 Å². The molecule has 0 radical (unpaired) electrons. The largest absolute Gasteiger partial charge is 0.316 e. The zero-order valence-electron chi connectivity index (χ0n) is 9.29. The second-order valence-electron chi connectivity index (χ2n) is 3.58. The third-order valence-electron chi connectivity index (χ3n) is 2.07.